The molecule has 0 saturated carbocycles. The predicted octanol–water partition coefficient (Wildman–Crippen LogP) is 1.37. The number of hydrogen-bond acceptors (Lipinski definition) is 4. The summed E-state index contributed by atoms with van der Waals surface area (Å²) in [6, 6.07) is 5.53. The van der Waals surface area contributed by atoms with E-state index in [1.165, 1.54) is 0 Å². The average molecular weight is 414 g/mol. The first-order chi connectivity index (χ1) is 12.0. The van der Waals surface area contributed by atoms with E-state index in [4.69, 9.17) is 0 Å². The van der Waals surface area contributed by atoms with Gasteiger partial charge >= 0.3 is 0 Å². The molecule has 2 aromatic rings. The Labute approximate surface area is 170 Å². The summed E-state index contributed by atoms with van der Waals surface area (Å²) in [5.74, 6) is 0.505. The quantitative estimate of drug-likeness (QED) is 0.795. The minimum Gasteiger partial charge on any atom is -0.346 e. The van der Waals surface area contributed by atoms with Crippen LogP contribution >= 0.6 is 24.8 Å². The molecule has 1 saturated heterocycles. The van der Waals surface area contributed by atoms with Crippen LogP contribution in [-0.2, 0) is 20.1 Å². The summed E-state index contributed by atoms with van der Waals surface area (Å²) < 4.78 is 3.57. The third-order valence-electron chi connectivity index (χ3n) is 5.35. The van der Waals surface area contributed by atoms with Gasteiger partial charge in [0.1, 0.15) is 5.56 Å². The molecule has 2 N–H and O–H groups in total. The van der Waals surface area contributed by atoms with E-state index in [1.807, 2.05) is 26.1 Å². The highest BCUT2D eigenvalue weighted by atomic mass is 35.5. The summed E-state index contributed by atoms with van der Waals surface area (Å²) in [5.41, 5.74) is 2.89. The van der Waals surface area contributed by atoms with Crippen LogP contribution in [0.1, 0.15) is 39.8 Å². The van der Waals surface area contributed by atoms with Gasteiger partial charge in [0.25, 0.3) is 11.5 Å². The summed E-state index contributed by atoms with van der Waals surface area (Å²) in [6.45, 7) is 4.81. The van der Waals surface area contributed by atoms with Gasteiger partial charge in [-0.2, -0.15) is 5.10 Å². The Kier molecular flexibility index (Phi) is 6.72. The monoisotopic (exact) mass is 413 g/mol. The average Bonchev–Trinajstić information content (AvgIpc) is 2.92. The summed E-state index contributed by atoms with van der Waals surface area (Å²) >= 11 is 0. The van der Waals surface area contributed by atoms with Crippen LogP contribution in [0.4, 0.5) is 0 Å². The Morgan fingerprint density at radius 2 is 2.11 bits per heavy atom. The van der Waals surface area contributed by atoms with Crippen molar-refractivity contribution in [1.29, 1.82) is 0 Å². The topological polar surface area (TPSA) is 81.0 Å². The standard InChI is InChI=1S/C18H23N5O2.2ClH/c1-11-5-14(21-22(11)2)9-20-17(24)15-3-4-16-13-6-12(7-19-8-13)10-23(16)18(15)25;;/h3-5,12-13,19H,6-10H2,1-2H3,(H,20,24);2*1H/t12-,13+;;/m0../s1. The van der Waals surface area contributed by atoms with Crippen LogP contribution in [0.25, 0.3) is 0 Å². The molecular weight excluding hydrogens is 389 g/mol. The molecule has 1 amide bonds. The molecule has 2 aliphatic heterocycles. The number of rotatable bonds is 3. The van der Waals surface area contributed by atoms with E-state index < -0.39 is 0 Å². The fraction of sp³-hybridized carbons (Fsp3) is 0.500. The summed E-state index contributed by atoms with van der Waals surface area (Å²) in [6.07, 6.45) is 1.12. The number of nitrogens with one attached hydrogen (secondary N) is 2. The lowest BCUT2D eigenvalue weighted by atomic mass is 9.84. The van der Waals surface area contributed by atoms with Crippen molar-refractivity contribution in [3.63, 3.8) is 0 Å². The summed E-state index contributed by atoms with van der Waals surface area (Å²) in [5, 5.41) is 10.6. The molecule has 4 heterocycles. The van der Waals surface area contributed by atoms with Crippen molar-refractivity contribution in [3.05, 3.63) is 51.2 Å². The van der Waals surface area contributed by atoms with E-state index in [-0.39, 0.29) is 41.8 Å². The number of aryl methyl sites for hydroxylation is 2. The molecule has 148 valence electrons. The third kappa shape index (κ3) is 4.05. The van der Waals surface area contributed by atoms with E-state index in [0.29, 0.717) is 24.9 Å². The Morgan fingerprint density at radius 1 is 1.33 bits per heavy atom. The number of fused-ring (bicyclic) bond motifs is 4. The zero-order chi connectivity index (χ0) is 17.6. The number of piperidine rings is 1. The number of pyridine rings is 1. The first-order valence-corrected chi connectivity index (χ1v) is 8.75. The smallest absolute Gasteiger partial charge is 0.263 e. The van der Waals surface area contributed by atoms with Gasteiger partial charge in [0.15, 0.2) is 0 Å². The number of halogens is 2. The molecule has 1 fully saturated rings. The number of amides is 1. The highest BCUT2D eigenvalue weighted by Crippen LogP contribution is 2.31. The Bertz CT molecular complexity index is 873. The highest BCUT2D eigenvalue weighted by molar-refractivity contribution is 5.93. The molecule has 2 bridgehead atoms. The number of carbonyl (C=O) groups excluding carboxylic acids is 1. The molecule has 0 aromatic carbocycles. The largest absolute Gasteiger partial charge is 0.346 e. The van der Waals surface area contributed by atoms with Gasteiger partial charge in [-0.05, 0) is 44.0 Å². The van der Waals surface area contributed by atoms with Gasteiger partial charge in [0.2, 0.25) is 0 Å². The Balaban J connectivity index is 0.00000131. The van der Waals surface area contributed by atoms with Gasteiger partial charge in [-0.1, -0.05) is 0 Å². The number of aromatic nitrogens is 3. The van der Waals surface area contributed by atoms with E-state index in [0.717, 1.165) is 36.6 Å². The van der Waals surface area contributed by atoms with Crippen LogP contribution in [0.3, 0.4) is 0 Å². The molecule has 27 heavy (non-hydrogen) atoms. The number of nitrogens with zero attached hydrogens (tertiary/aromatic N) is 3. The number of hydrogen-bond donors (Lipinski definition) is 2. The molecule has 0 radical (unpaired) electrons. The molecule has 2 aliphatic rings. The van der Waals surface area contributed by atoms with E-state index in [1.54, 1.807) is 15.3 Å². The second-order valence-electron chi connectivity index (χ2n) is 7.13. The minimum atomic E-state index is -0.336. The van der Waals surface area contributed by atoms with Crippen LogP contribution in [0.2, 0.25) is 0 Å². The molecule has 2 atom stereocenters. The predicted molar refractivity (Wildman–Crippen MR) is 108 cm³/mol. The maximum atomic E-state index is 12.8. The molecular formula is C18H25Cl2N5O2. The van der Waals surface area contributed by atoms with Gasteiger partial charge in [-0.25, -0.2) is 0 Å². The zero-order valence-electron chi connectivity index (χ0n) is 15.4. The minimum absolute atomic E-state index is 0. The summed E-state index contributed by atoms with van der Waals surface area (Å²) in [7, 11) is 1.86. The van der Waals surface area contributed by atoms with Gasteiger partial charge in [0.05, 0.1) is 12.2 Å². The van der Waals surface area contributed by atoms with Crippen molar-refractivity contribution in [2.45, 2.75) is 32.4 Å². The fourth-order valence-corrected chi connectivity index (χ4v) is 3.95. The maximum absolute atomic E-state index is 12.8. The first-order valence-electron chi connectivity index (χ1n) is 8.75. The lowest BCUT2D eigenvalue weighted by Crippen LogP contribution is -2.46. The van der Waals surface area contributed by atoms with E-state index in [9.17, 15) is 9.59 Å². The third-order valence-corrected chi connectivity index (χ3v) is 5.35. The zero-order valence-corrected chi connectivity index (χ0v) is 17.0. The second-order valence-corrected chi connectivity index (χ2v) is 7.13. The lowest BCUT2D eigenvalue weighted by Gasteiger charge is -2.37. The van der Waals surface area contributed by atoms with E-state index in [2.05, 4.69) is 15.7 Å². The van der Waals surface area contributed by atoms with Gasteiger partial charge in [0, 0.05) is 37.4 Å². The normalized spacial score (nSPS) is 20.1. The Hall–Kier alpha value is -1.83. The lowest BCUT2D eigenvalue weighted by molar-refractivity contribution is 0.0947. The molecule has 9 heteroatoms. The van der Waals surface area contributed by atoms with Crippen molar-refractivity contribution in [2.24, 2.45) is 13.0 Å². The van der Waals surface area contributed by atoms with Crippen molar-refractivity contribution in [1.82, 2.24) is 25.0 Å². The van der Waals surface area contributed by atoms with E-state index >= 15 is 0 Å². The maximum Gasteiger partial charge on any atom is 0.263 e. The van der Waals surface area contributed by atoms with Crippen molar-refractivity contribution in [2.75, 3.05) is 13.1 Å². The number of carbonyl (C=O) groups is 1. The molecule has 2 aromatic heterocycles. The van der Waals surface area contributed by atoms with Crippen LogP contribution < -0.4 is 16.2 Å². The van der Waals surface area contributed by atoms with Crippen molar-refractivity contribution >= 4 is 30.7 Å². The van der Waals surface area contributed by atoms with Gasteiger partial charge < -0.3 is 15.2 Å². The molecule has 0 aliphatic carbocycles. The van der Waals surface area contributed by atoms with Crippen LogP contribution in [0.15, 0.2) is 23.0 Å². The van der Waals surface area contributed by atoms with Crippen LogP contribution in [-0.4, -0.2) is 33.3 Å². The van der Waals surface area contributed by atoms with Crippen LogP contribution in [0.5, 0.6) is 0 Å². The fourth-order valence-electron chi connectivity index (χ4n) is 3.95. The molecule has 0 spiro atoms. The molecule has 7 nitrogen and oxygen atoms in total. The first kappa shape index (κ1) is 21.5. The van der Waals surface area contributed by atoms with Crippen LogP contribution in [0, 0.1) is 12.8 Å². The van der Waals surface area contributed by atoms with Crippen molar-refractivity contribution in [3.8, 4) is 0 Å². The van der Waals surface area contributed by atoms with Gasteiger partial charge in [-0.15, -0.1) is 24.8 Å². The Morgan fingerprint density at radius 3 is 2.81 bits per heavy atom. The summed E-state index contributed by atoms with van der Waals surface area (Å²) in [4.78, 5) is 25.3. The SMILES string of the molecule is Cc1cc(CNC(=O)c2ccc3n(c2=O)C[C@@H]2CNC[C@H]3C2)nn1C.Cl.Cl. The molecule has 4 rings (SSSR count). The van der Waals surface area contributed by atoms with Crippen molar-refractivity contribution < 1.29 is 4.79 Å². The second kappa shape index (κ2) is 8.46. The van der Waals surface area contributed by atoms with Gasteiger partial charge in [-0.3, -0.25) is 14.3 Å². The molecule has 0 unspecified atom stereocenters. The highest BCUT2D eigenvalue weighted by Gasteiger charge is 2.31.